The molecule has 0 fully saturated rings. The molecule has 0 spiro atoms. The number of carbonyl (C=O) groups is 1. The molecule has 0 aliphatic rings. The van der Waals surface area contributed by atoms with Gasteiger partial charge < -0.3 is 5.11 Å². The Morgan fingerprint density at radius 2 is 1.93 bits per heavy atom. The predicted molar refractivity (Wildman–Crippen MR) is 60.5 cm³/mol. The van der Waals surface area contributed by atoms with Crippen molar-refractivity contribution in [2.24, 2.45) is 0 Å². The normalized spacial score (nSPS) is 14.6. The van der Waals surface area contributed by atoms with Crippen molar-refractivity contribution < 1.29 is 9.90 Å². The molecule has 1 aromatic carbocycles. The SMILES string of the molecule is CCCC(=O)CC(C)(O)c1ccccc1. The van der Waals surface area contributed by atoms with Gasteiger partial charge in [0.2, 0.25) is 0 Å². The van der Waals surface area contributed by atoms with Crippen LogP contribution in [-0.2, 0) is 10.4 Å². The van der Waals surface area contributed by atoms with Gasteiger partial charge in [-0.25, -0.2) is 0 Å². The van der Waals surface area contributed by atoms with Crippen LogP contribution in [-0.4, -0.2) is 10.9 Å². The molecule has 1 unspecified atom stereocenters. The number of ketones is 1. The fourth-order valence-electron chi connectivity index (χ4n) is 1.65. The largest absolute Gasteiger partial charge is 0.385 e. The van der Waals surface area contributed by atoms with E-state index in [2.05, 4.69) is 0 Å². The van der Waals surface area contributed by atoms with Crippen LogP contribution in [0.15, 0.2) is 30.3 Å². The van der Waals surface area contributed by atoms with Crippen LogP contribution in [0.4, 0.5) is 0 Å². The number of hydrogen-bond acceptors (Lipinski definition) is 2. The first kappa shape index (κ1) is 11.9. The van der Waals surface area contributed by atoms with Gasteiger partial charge in [0.25, 0.3) is 0 Å². The molecule has 0 bridgehead atoms. The summed E-state index contributed by atoms with van der Waals surface area (Å²) in [7, 11) is 0. The summed E-state index contributed by atoms with van der Waals surface area (Å²) in [6, 6.07) is 9.33. The third-order valence-electron chi connectivity index (χ3n) is 2.47. The zero-order valence-corrected chi connectivity index (χ0v) is 9.36. The number of carbonyl (C=O) groups excluding carboxylic acids is 1. The first-order chi connectivity index (χ1) is 7.06. The topological polar surface area (TPSA) is 37.3 Å². The summed E-state index contributed by atoms with van der Waals surface area (Å²) in [6.45, 7) is 3.66. The molecule has 15 heavy (non-hydrogen) atoms. The average Bonchev–Trinajstić information content (AvgIpc) is 2.18. The van der Waals surface area contributed by atoms with Gasteiger partial charge in [0.15, 0.2) is 0 Å². The molecule has 0 amide bonds. The van der Waals surface area contributed by atoms with Crippen LogP contribution in [0.1, 0.15) is 38.7 Å². The minimum absolute atomic E-state index is 0.117. The van der Waals surface area contributed by atoms with Crippen LogP contribution in [0.5, 0.6) is 0 Å². The molecule has 2 nitrogen and oxygen atoms in total. The molecule has 0 aliphatic heterocycles. The highest BCUT2D eigenvalue weighted by molar-refractivity contribution is 5.79. The van der Waals surface area contributed by atoms with E-state index in [1.807, 2.05) is 37.3 Å². The second kappa shape index (κ2) is 5.08. The number of rotatable bonds is 5. The van der Waals surface area contributed by atoms with Crippen molar-refractivity contribution in [1.29, 1.82) is 0 Å². The molecule has 0 aliphatic carbocycles. The maximum atomic E-state index is 11.5. The fraction of sp³-hybridized carbons (Fsp3) is 0.462. The summed E-state index contributed by atoms with van der Waals surface area (Å²) in [5, 5.41) is 10.2. The Morgan fingerprint density at radius 1 is 1.33 bits per heavy atom. The lowest BCUT2D eigenvalue weighted by Crippen LogP contribution is -2.25. The van der Waals surface area contributed by atoms with Gasteiger partial charge in [-0.1, -0.05) is 37.3 Å². The van der Waals surface area contributed by atoms with E-state index in [1.54, 1.807) is 6.92 Å². The number of benzene rings is 1. The van der Waals surface area contributed by atoms with E-state index in [4.69, 9.17) is 0 Å². The fourth-order valence-corrected chi connectivity index (χ4v) is 1.65. The maximum absolute atomic E-state index is 11.5. The Labute approximate surface area is 90.9 Å². The first-order valence-electron chi connectivity index (χ1n) is 5.36. The summed E-state index contributed by atoms with van der Waals surface area (Å²) >= 11 is 0. The van der Waals surface area contributed by atoms with E-state index < -0.39 is 5.60 Å². The van der Waals surface area contributed by atoms with E-state index in [1.165, 1.54) is 0 Å². The van der Waals surface area contributed by atoms with Gasteiger partial charge in [-0.05, 0) is 18.9 Å². The van der Waals surface area contributed by atoms with E-state index >= 15 is 0 Å². The summed E-state index contributed by atoms with van der Waals surface area (Å²) in [5.41, 5.74) is -0.234. The van der Waals surface area contributed by atoms with Gasteiger partial charge in [-0.3, -0.25) is 4.79 Å². The van der Waals surface area contributed by atoms with E-state index in [9.17, 15) is 9.90 Å². The molecular weight excluding hydrogens is 188 g/mol. The highest BCUT2D eigenvalue weighted by atomic mass is 16.3. The number of hydrogen-bond donors (Lipinski definition) is 1. The summed E-state index contributed by atoms with van der Waals surface area (Å²) in [4.78, 5) is 11.5. The van der Waals surface area contributed by atoms with Gasteiger partial charge >= 0.3 is 0 Å². The van der Waals surface area contributed by atoms with Crippen molar-refractivity contribution >= 4 is 5.78 Å². The minimum atomic E-state index is -1.03. The molecule has 2 heteroatoms. The van der Waals surface area contributed by atoms with Crippen LogP contribution < -0.4 is 0 Å². The Hall–Kier alpha value is -1.15. The van der Waals surface area contributed by atoms with Crippen molar-refractivity contribution in [3.8, 4) is 0 Å². The minimum Gasteiger partial charge on any atom is -0.385 e. The summed E-state index contributed by atoms with van der Waals surface area (Å²) in [5.74, 6) is 0.117. The second-order valence-corrected chi connectivity index (χ2v) is 4.11. The van der Waals surface area contributed by atoms with Crippen LogP contribution in [0.2, 0.25) is 0 Å². The quantitative estimate of drug-likeness (QED) is 0.804. The van der Waals surface area contributed by atoms with Gasteiger partial charge in [-0.15, -0.1) is 0 Å². The van der Waals surface area contributed by atoms with Gasteiger partial charge in [0.1, 0.15) is 5.78 Å². The maximum Gasteiger partial charge on any atom is 0.136 e. The van der Waals surface area contributed by atoms with Gasteiger partial charge in [0, 0.05) is 12.8 Å². The average molecular weight is 206 g/mol. The van der Waals surface area contributed by atoms with Crippen LogP contribution in [0, 0.1) is 0 Å². The van der Waals surface area contributed by atoms with Crippen LogP contribution in [0.3, 0.4) is 0 Å². The Bertz CT molecular complexity index is 315. The van der Waals surface area contributed by atoms with E-state index in [0.29, 0.717) is 6.42 Å². The van der Waals surface area contributed by atoms with Crippen molar-refractivity contribution in [2.45, 2.75) is 38.7 Å². The Balaban J connectivity index is 2.71. The van der Waals surface area contributed by atoms with Crippen LogP contribution in [0.25, 0.3) is 0 Å². The third-order valence-corrected chi connectivity index (χ3v) is 2.47. The van der Waals surface area contributed by atoms with Gasteiger partial charge in [0.05, 0.1) is 5.60 Å². The van der Waals surface area contributed by atoms with Crippen LogP contribution >= 0.6 is 0 Å². The van der Waals surface area contributed by atoms with Crippen molar-refractivity contribution in [2.75, 3.05) is 0 Å². The molecule has 0 radical (unpaired) electrons. The number of Topliss-reactive ketones (excluding diaryl/α,β-unsaturated/α-hetero) is 1. The molecule has 1 rings (SSSR count). The van der Waals surface area contributed by atoms with E-state index in [0.717, 1.165) is 12.0 Å². The molecule has 0 aromatic heterocycles. The number of aliphatic hydroxyl groups is 1. The van der Waals surface area contributed by atoms with E-state index in [-0.39, 0.29) is 12.2 Å². The smallest absolute Gasteiger partial charge is 0.136 e. The molecule has 0 heterocycles. The van der Waals surface area contributed by atoms with Crippen molar-refractivity contribution in [3.63, 3.8) is 0 Å². The lowest BCUT2D eigenvalue weighted by Gasteiger charge is -2.22. The lowest BCUT2D eigenvalue weighted by atomic mass is 9.90. The highest BCUT2D eigenvalue weighted by Gasteiger charge is 2.25. The summed E-state index contributed by atoms with van der Waals surface area (Å²) < 4.78 is 0. The summed E-state index contributed by atoms with van der Waals surface area (Å²) in [6.07, 6.45) is 1.58. The molecule has 1 atom stereocenters. The molecule has 1 aromatic rings. The standard InChI is InChI=1S/C13H18O2/c1-3-7-12(14)10-13(2,15)11-8-5-4-6-9-11/h4-6,8-9,15H,3,7,10H2,1-2H3. The first-order valence-corrected chi connectivity index (χ1v) is 5.36. The zero-order valence-electron chi connectivity index (χ0n) is 9.36. The lowest BCUT2D eigenvalue weighted by molar-refractivity contribution is -0.123. The molecule has 82 valence electrons. The van der Waals surface area contributed by atoms with Crippen molar-refractivity contribution in [3.05, 3.63) is 35.9 Å². The monoisotopic (exact) mass is 206 g/mol. The third kappa shape index (κ3) is 3.48. The van der Waals surface area contributed by atoms with Crippen molar-refractivity contribution in [1.82, 2.24) is 0 Å². The predicted octanol–water partition coefficient (Wildman–Crippen LogP) is 2.65. The Kier molecular flexibility index (Phi) is 4.04. The molecule has 0 saturated carbocycles. The van der Waals surface area contributed by atoms with Gasteiger partial charge in [-0.2, -0.15) is 0 Å². The molecule has 1 N–H and O–H groups in total. The highest BCUT2D eigenvalue weighted by Crippen LogP contribution is 2.24. The zero-order chi connectivity index (χ0) is 11.3. The molecular formula is C13H18O2. The Morgan fingerprint density at radius 3 is 2.47 bits per heavy atom. The molecule has 0 saturated heterocycles. The second-order valence-electron chi connectivity index (χ2n) is 4.11.